The van der Waals surface area contributed by atoms with E-state index in [2.05, 4.69) is 11.8 Å². The molecule has 3 nitrogen and oxygen atoms in total. The molecule has 2 aromatic carbocycles. The van der Waals surface area contributed by atoms with E-state index in [0.717, 1.165) is 30.2 Å². The minimum Gasteiger partial charge on any atom is -0.492 e. The molecule has 4 heteroatoms. The van der Waals surface area contributed by atoms with Crippen molar-refractivity contribution in [3.05, 3.63) is 54.3 Å². The first kappa shape index (κ1) is 14.2. The second kappa shape index (κ2) is 6.80. The van der Waals surface area contributed by atoms with Crippen molar-refractivity contribution in [2.45, 2.75) is 6.92 Å². The molecule has 0 aliphatic rings. The fourth-order valence-electron chi connectivity index (χ4n) is 1.96. The molecule has 0 saturated heterocycles. The first-order valence-electron chi connectivity index (χ1n) is 6.68. The van der Waals surface area contributed by atoms with E-state index in [9.17, 15) is 4.39 Å². The average Bonchev–Trinajstić information content (AvgIpc) is 2.47. The fraction of sp³-hybridized carbons (Fsp3) is 0.250. The lowest BCUT2D eigenvalue weighted by Gasteiger charge is -2.23. The van der Waals surface area contributed by atoms with Gasteiger partial charge in [-0.25, -0.2) is 4.39 Å². The van der Waals surface area contributed by atoms with Crippen molar-refractivity contribution >= 4 is 11.4 Å². The Kier molecular flexibility index (Phi) is 4.82. The number of rotatable bonds is 6. The van der Waals surface area contributed by atoms with Gasteiger partial charge in [0.05, 0.1) is 6.54 Å². The predicted molar refractivity (Wildman–Crippen MR) is 80.6 cm³/mol. The quantitative estimate of drug-likeness (QED) is 0.821. The maximum Gasteiger partial charge on any atom is 0.123 e. The number of ether oxygens (including phenoxy) is 1. The van der Waals surface area contributed by atoms with Gasteiger partial charge in [0.2, 0.25) is 0 Å². The minimum atomic E-state index is -0.220. The fourth-order valence-corrected chi connectivity index (χ4v) is 1.96. The summed E-state index contributed by atoms with van der Waals surface area (Å²) in [4.78, 5) is 2.14. The molecule has 0 unspecified atom stereocenters. The molecule has 0 fully saturated rings. The number of hydrogen-bond acceptors (Lipinski definition) is 3. The van der Waals surface area contributed by atoms with Crippen molar-refractivity contribution < 1.29 is 9.13 Å². The lowest BCUT2D eigenvalue weighted by molar-refractivity contribution is 0.324. The van der Waals surface area contributed by atoms with Crippen molar-refractivity contribution in [1.82, 2.24) is 0 Å². The largest absolute Gasteiger partial charge is 0.492 e. The van der Waals surface area contributed by atoms with Crippen LogP contribution in [0, 0.1) is 5.82 Å². The number of halogens is 1. The van der Waals surface area contributed by atoms with Crippen molar-refractivity contribution in [2.75, 3.05) is 30.3 Å². The summed E-state index contributed by atoms with van der Waals surface area (Å²) < 4.78 is 18.6. The molecule has 20 heavy (non-hydrogen) atoms. The Hall–Kier alpha value is -2.23. The highest BCUT2D eigenvalue weighted by molar-refractivity contribution is 5.46. The van der Waals surface area contributed by atoms with Crippen LogP contribution in [0.2, 0.25) is 0 Å². The van der Waals surface area contributed by atoms with Crippen LogP contribution >= 0.6 is 0 Å². The molecule has 106 valence electrons. The highest BCUT2D eigenvalue weighted by Crippen LogP contribution is 2.16. The van der Waals surface area contributed by atoms with E-state index in [1.807, 2.05) is 24.3 Å². The van der Waals surface area contributed by atoms with Gasteiger partial charge in [-0.05, 0) is 55.5 Å². The van der Waals surface area contributed by atoms with Crippen LogP contribution in [0.1, 0.15) is 6.92 Å². The Morgan fingerprint density at radius 1 is 1.05 bits per heavy atom. The zero-order valence-electron chi connectivity index (χ0n) is 11.6. The van der Waals surface area contributed by atoms with Gasteiger partial charge < -0.3 is 15.4 Å². The third-order valence-electron chi connectivity index (χ3n) is 3.08. The summed E-state index contributed by atoms with van der Waals surface area (Å²) in [7, 11) is 0. The number of hydrogen-bond donors (Lipinski definition) is 1. The molecule has 0 aromatic heterocycles. The first-order chi connectivity index (χ1) is 9.69. The zero-order chi connectivity index (χ0) is 14.4. The molecule has 0 heterocycles. The van der Waals surface area contributed by atoms with Crippen LogP contribution < -0.4 is 15.4 Å². The molecule has 2 N–H and O–H groups in total. The monoisotopic (exact) mass is 274 g/mol. The summed E-state index contributed by atoms with van der Waals surface area (Å²) in [6.45, 7) is 4.21. The topological polar surface area (TPSA) is 38.5 Å². The van der Waals surface area contributed by atoms with Crippen LogP contribution in [-0.4, -0.2) is 19.7 Å². The summed E-state index contributed by atoms with van der Waals surface area (Å²) in [5.74, 6) is 0.581. The summed E-state index contributed by atoms with van der Waals surface area (Å²) in [6.07, 6.45) is 0. The number of nitrogens with zero attached hydrogens (tertiary/aromatic N) is 1. The van der Waals surface area contributed by atoms with E-state index in [4.69, 9.17) is 10.5 Å². The molecule has 0 aliphatic carbocycles. The van der Waals surface area contributed by atoms with E-state index >= 15 is 0 Å². The van der Waals surface area contributed by atoms with Crippen LogP contribution in [0.3, 0.4) is 0 Å². The van der Waals surface area contributed by atoms with Gasteiger partial charge in [-0.15, -0.1) is 0 Å². The highest BCUT2D eigenvalue weighted by Gasteiger charge is 2.04. The number of nitrogen functional groups attached to an aromatic ring is 1. The third-order valence-corrected chi connectivity index (χ3v) is 3.08. The van der Waals surface area contributed by atoms with Gasteiger partial charge in [0.25, 0.3) is 0 Å². The Morgan fingerprint density at radius 2 is 1.70 bits per heavy atom. The van der Waals surface area contributed by atoms with E-state index in [1.165, 1.54) is 12.1 Å². The summed E-state index contributed by atoms with van der Waals surface area (Å²) in [5.41, 5.74) is 7.34. The second-order valence-corrected chi connectivity index (χ2v) is 4.47. The van der Waals surface area contributed by atoms with Gasteiger partial charge in [-0.1, -0.05) is 0 Å². The number of likely N-dealkylation sites (N-methyl/N-ethyl adjacent to an activating group) is 1. The number of anilines is 2. The van der Waals surface area contributed by atoms with Crippen LogP contribution in [0.15, 0.2) is 48.5 Å². The Balaban J connectivity index is 1.87. The highest BCUT2D eigenvalue weighted by atomic mass is 19.1. The van der Waals surface area contributed by atoms with Crippen molar-refractivity contribution in [3.63, 3.8) is 0 Å². The summed E-state index contributed by atoms with van der Waals surface area (Å²) >= 11 is 0. The van der Waals surface area contributed by atoms with Crippen molar-refractivity contribution in [2.24, 2.45) is 0 Å². The van der Waals surface area contributed by atoms with Crippen LogP contribution in [-0.2, 0) is 0 Å². The van der Waals surface area contributed by atoms with Gasteiger partial charge in [0.15, 0.2) is 0 Å². The van der Waals surface area contributed by atoms with Gasteiger partial charge in [-0.2, -0.15) is 0 Å². The normalized spacial score (nSPS) is 10.3. The number of benzene rings is 2. The molecule has 0 saturated carbocycles. The van der Waals surface area contributed by atoms with Crippen LogP contribution in [0.4, 0.5) is 15.8 Å². The standard InChI is InChI=1S/C16H19FN2O/c1-2-19(15-7-3-13(17)4-8-15)11-12-20-16-9-5-14(18)6-10-16/h3-10H,2,11-12,18H2,1H3. The van der Waals surface area contributed by atoms with Gasteiger partial charge >= 0.3 is 0 Å². The maximum absolute atomic E-state index is 12.9. The molecule has 2 aromatic rings. The molecule has 0 atom stereocenters. The van der Waals surface area contributed by atoms with Gasteiger partial charge in [0, 0.05) is 17.9 Å². The second-order valence-electron chi connectivity index (χ2n) is 4.47. The molecule has 0 amide bonds. The lowest BCUT2D eigenvalue weighted by Crippen LogP contribution is -2.28. The molecule has 0 radical (unpaired) electrons. The van der Waals surface area contributed by atoms with E-state index < -0.39 is 0 Å². The lowest BCUT2D eigenvalue weighted by atomic mass is 10.3. The molecule has 0 aliphatic heterocycles. The maximum atomic E-state index is 12.9. The predicted octanol–water partition coefficient (Wildman–Crippen LogP) is 3.31. The van der Waals surface area contributed by atoms with Crippen LogP contribution in [0.25, 0.3) is 0 Å². The van der Waals surface area contributed by atoms with Gasteiger partial charge in [0.1, 0.15) is 18.2 Å². The average molecular weight is 274 g/mol. The van der Waals surface area contributed by atoms with E-state index in [0.29, 0.717) is 6.61 Å². The summed E-state index contributed by atoms with van der Waals surface area (Å²) in [6, 6.07) is 13.8. The van der Waals surface area contributed by atoms with Crippen molar-refractivity contribution in [3.8, 4) is 5.75 Å². The molecule has 2 rings (SSSR count). The number of nitrogens with two attached hydrogens (primary N) is 1. The van der Waals surface area contributed by atoms with Crippen molar-refractivity contribution in [1.29, 1.82) is 0 Å². The van der Waals surface area contributed by atoms with Gasteiger partial charge in [-0.3, -0.25) is 0 Å². The zero-order valence-corrected chi connectivity index (χ0v) is 11.6. The molecular weight excluding hydrogens is 255 g/mol. The van der Waals surface area contributed by atoms with Crippen LogP contribution in [0.5, 0.6) is 5.75 Å². The minimum absolute atomic E-state index is 0.220. The smallest absolute Gasteiger partial charge is 0.123 e. The Bertz CT molecular complexity index is 525. The SMILES string of the molecule is CCN(CCOc1ccc(N)cc1)c1ccc(F)cc1. The Morgan fingerprint density at radius 3 is 2.30 bits per heavy atom. The molecule has 0 spiro atoms. The first-order valence-corrected chi connectivity index (χ1v) is 6.68. The Labute approximate surface area is 118 Å². The third kappa shape index (κ3) is 3.88. The summed E-state index contributed by atoms with van der Waals surface area (Å²) in [5, 5.41) is 0. The van der Waals surface area contributed by atoms with E-state index in [1.54, 1.807) is 12.1 Å². The molecule has 0 bridgehead atoms. The van der Waals surface area contributed by atoms with E-state index in [-0.39, 0.29) is 5.82 Å². The molecular formula is C16H19FN2O.